The number of ether oxygens (including phenoxy) is 2. The van der Waals surface area contributed by atoms with Gasteiger partial charge in [0.2, 0.25) is 5.60 Å². The van der Waals surface area contributed by atoms with Gasteiger partial charge in [0.25, 0.3) is 5.69 Å². The number of carboxylic acids is 1. The fourth-order valence-electron chi connectivity index (χ4n) is 6.59. The van der Waals surface area contributed by atoms with Crippen molar-refractivity contribution in [1.29, 1.82) is 0 Å². The number of piperidine rings is 1. The SMILES string of the molecule is COc1cc(CCC(=O)O)cc(OC)c1CC1CCN(CC(O)(c2cn(Cc3ccccc3F)c3cc([N+](=O)[O-])ccc23)C(F)(F)F)CC1. The van der Waals surface area contributed by atoms with Crippen molar-refractivity contribution in [3.8, 4) is 11.5 Å². The lowest BCUT2D eigenvalue weighted by molar-refractivity contribution is -0.384. The van der Waals surface area contributed by atoms with Crippen LogP contribution in [-0.4, -0.2) is 70.6 Å². The number of hydrogen-bond acceptors (Lipinski definition) is 7. The molecule has 5 rings (SSSR count). The number of halogens is 4. The molecule has 2 N–H and O–H groups in total. The van der Waals surface area contributed by atoms with E-state index in [1.165, 1.54) is 43.1 Å². The Hall–Kier alpha value is -4.69. The molecule has 0 saturated carbocycles. The van der Waals surface area contributed by atoms with Gasteiger partial charge in [-0.3, -0.25) is 19.8 Å². The van der Waals surface area contributed by atoms with Crippen molar-refractivity contribution in [2.45, 2.75) is 50.4 Å². The maximum absolute atomic E-state index is 14.9. The predicted molar refractivity (Wildman–Crippen MR) is 172 cm³/mol. The minimum Gasteiger partial charge on any atom is -0.496 e. The number of fused-ring (bicyclic) bond motifs is 1. The number of aliphatic hydroxyl groups is 1. The van der Waals surface area contributed by atoms with Crippen molar-refractivity contribution in [3.63, 3.8) is 0 Å². The van der Waals surface area contributed by atoms with E-state index in [0.29, 0.717) is 37.2 Å². The molecule has 3 aromatic carbocycles. The quantitative estimate of drug-likeness (QED) is 0.0930. The molecule has 1 unspecified atom stereocenters. The van der Waals surface area contributed by atoms with Gasteiger partial charge in [-0.05, 0) is 74.5 Å². The van der Waals surface area contributed by atoms with Crippen molar-refractivity contribution in [3.05, 3.63) is 99.0 Å². The largest absolute Gasteiger partial charge is 0.496 e. The number of benzene rings is 3. The van der Waals surface area contributed by atoms with Crippen LogP contribution in [0, 0.1) is 21.8 Å². The zero-order valence-electron chi connectivity index (χ0n) is 27.0. The van der Waals surface area contributed by atoms with Gasteiger partial charge in [-0.25, -0.2) is 4.39 Å². The summed E-state index contributed by atoms with van der Waals surface area (Å²) in [6, 6.07) is 12.7. The third-order valence-corrected chi connectivity index (χ3v) is 9.24. The van der Waals surface area contributed by atoms with Crippen LogP contribution in [0.25, 0.3) is 10.9 Å². The first-order valence-electron chi connectivity index (χ1n) is 15.7. The molecule has 1 aromatic heterocycles. The van der Waals surface area contributed by atoms with E-state index in [0.717, 1.165) is 29.5 Å². The molecular formula is C35H37F4N3O7. The van der Waals surface area contributed by atoms with E-state index < -0.39 is 40.6 Å². The number of rotatable bonds is 13. The standard InChI is InChI=1S/C35H37F4N3O7/c1-48-31-16-23(7-10-33(43)44)17-32(49-2)27(31)15-22-11-13-40(14-12-22)21-34(45,35(37,38)39)28-20-41(19-24-5-3-4-6-29(24)36)30-18-25(42(46)47)8-9-26(28)30/h3-6,8-9,16-18,20,22,45H,7,10-15,19,21H2,1-2H3,(H,43,44). The van der Waals surface area contributed by atoms with Gasteiger partial charge in [-0.15, -0.1) is 0 Å². The van der Waals surface area contributed by atoms with Gasteiger partial charge in [-0.2, -0.15) is 13.2 Å². The lowest BCUT2D eigenvalue weighted by Gasteiger charge is -2.39. The number of aliphatic carboxylic acids is 1. The van der Waals surface area contributed by atoms with Crippen LogP contribution in [0.2, 0.25) is 0 Å². The molecule has 1 fully saturated rings. The Labute approximate surface area is 279 Å². The molecule has 2 heterocycles. The molecule has 10 nitrogen and oxygen atoms in total. The second-order valence-corrected chi connectivity index (χ2v) is 12.4. The van der Waals surface area contributed by atoms with E-state index in [1.54, 1.807) is 23.1 Å². The fourth-order valence-corrected chi connectivity index (χ4v) is 6.59. The number of nitro benzene ring substituents is 1. The molecule has 0 spiro atoms. The smallest absolute Gasteiger partial charge is 0.422 e. The van der Waals surface area contributed by atoms with Crippen LogP contribution in [-0.2, 0) is 29.8 Å². The van der Waals surface area contributed by atoms with E-state index >= 15 is 0 Å². The summed E-state index contributed by atoms with van der Waals surface area (Å²) in [6.07, 6.45) is -2.22. The van der Waals surface area contributed by atoms with Crippen molar-refractivity contribution < 1.29 is 47.0 Å². The minimum atomic E-state index is -5.12. The predicted octanol–water partition coefficient (Wildman–Crippen LogP) is 6.48. The number of β-amino-alcohol motifs (C(OH)–C–C–N with tert-alkyl or cyclic N) is 1. The van der Waals surface area contributed by atoms with Gasteiger partial charge >= 0.3 is 12.1 Å². The average molecular weight is 688 g/mol. The molecular weight excluding hydrogens is 650 g/mol. The number of nitrogens with zero attached hydrogens (tertiary/aromatic N) is 3. The van der Waals surface area contributed by atoms with Crippen LogP contribution in [0.3, 0.4) is 0 Å². The maximum atomic E-state index is 14.9. The Bertz CT molecular complexity index is 1810. The summed E-state index contributed by atoms with van der Waals surface area (Å²) >= 11 is 0. The van der Waals surface area contributed by atoms with E-state index in [9.17, 15) is 37.6 Å². The molecule has 49 heavy (non-hydrogen) atoms. The zero-order chi connectivity index (χ0) is 35.5. The van der Waals surface area contributed by atoms with Gasteiger partial charge in [0, 0.05) is 53.4 Å². The Morgan fingerprint density at radius 1 is 1.04 bits per heavy atom. The van der Waals surface area contributed by atoms with Crippen LogP contribution < -0.4 is 9.47 Å². The van der Waals surface area contributed by atoms with Crippen LogP contribution >= 0.6 is 0 Å². The Morgan fingerprint density at radius 2 is 1.69 bits per heavy atom. The first-order chi connectivity index (χ1) is 23.2. The van der Waals surface area contributed by atoms with E-state index in [4.69, 9.17) is 14.6 Å². The first-order valence-corrected chi connectivity index (χ1v) is 15.7. The van der Waals surface area contributed by atoms with Crippen molar-refractivity contribution >= 4 is 22.6 Å². The number of aromatic nitrogens is 1. The number of alkyl halides is 3. The number of non-ortho nitro benzene ring substituents is 1. The summed E-state index contributed by atoms with van der Waals surface area (Å²) in [4.78, 5) is 23.5. The highest BCUT2D eigenvalue weighted by molar-refractivity contribution is 5.87. The van der Waals surface area contributed by atoms with Gasteiger partial charge in [-0.1, -0.05) is 18.2 Å². The first kappa shape index (κ1) is 35.6. The highest BCUT2D eigenvalue weighted by Crippen LogP contribution is 2.45. The molecule has 0 bridgehead atoms. The van der Waals surface area contributed by atoms with Crippen LogP contribution in [0.15, 0.2) is 60.8 Å². The summed E-state index contributed by atoms with van der Waals surface area (Å²) in [5.74, 6) is -0.370. The number of hydrogen-bond donors (Lipinski definition) is 2. The summed E-state index contributed by atoms with van der Waals surface area (Å²) in [6.45, 7) is -0.478. The van der Waals surface area contributed by atoms with E-state index in [-0.39, 0.29) is 54.1 Å². The normalized spacial score (nSPS) is 15.7. The van der Waals surface area contributed by atoms with E-state index in [2.05, 4.69) is 0 Å². The zero-order valence-corrected chi connectivity index (χ0v) is 27.0. The highest BCUT2D eigenvalue weighted by Gasteiger charge is 2.57. The molecule has 1 aliphatic rings. The summed E-state index contributed by atoms with van der Waals surface area (Å²) < 4.78 is 71.8. The Kier molecular flexibility index (Phi) is 10.5. The van der Waals surface area contributed by atoms with Crippen molar-refractivity contribution in [2.75, 3.05) is 33.9 Å². The summed E-state index contributed by atoms with van der Waals surface area (Å²) in [7, 11) is 3.01. The summed E-state index contributed by atoms with van der Waals surface area (Å²) in [5.41, 5.74) is -2.41. The van der Waals surface area contributed by atoms with E-state index in [1.807, 2.05) is 0 Å². The van der Waals surface area contributed by atoms with Gasteiger partial charge in [0.1, 0.15) is 17.3 Å². The molecule has 1 atom stereocenters. The van der Waals surface area contributed by atoms with Crippen molar-refractivity contribution in [1.82, 2.24) is 9.47 Å². The van der Waals surface area contributed by atoms with Gasteiger partial charge in [0.05, 0.1) is 31.2 Å². The molecule has 0 amide bonds. The molecule has 14 heteroatoms. The number of aryl methyl sites for hydroxylation is 1. The third-order valence-electron chi connectivity index (χ3n) is 9.24. The second kappa shape index (κ2) is 14.4. The number of carbonyl (C=O) groups is 1. The van der Waals surface area contributed by atoms with Gasteiger partial charge < -0.3 is 24.3 Å². The van der Waals surface area contributed by atoms with Crippen LogP contribution in [0.5, 0.6) is 11.5 Å². The lowest BCUT2D eigenvalue weighted by Crippen LogP contribution is -2.52. The molecule has 262 valence electrons. The highest BCUT2D eigenvalue weighted by atomic mass is 19.4. The topological polar surface area (TPSA) is 127 Å². The fraction of sp³-hybridized carbons (Fsp3) is 0.400. The molecule has 0 aliphatic carbocycles. The third kappa shape index (κ3) is 7.65. The minimum absolute atomic E-state index is 0.0253. The molecule has 1 aliphatic heterocycles. The lowest BCUT2D eigenvalue weighted by atomic mass is 9.87. The number of carboxylic acid groups (broad SMARTS) is 1. The number of methoxy groups -OCH3 is 2. The Balaban J connectivity index is 1.39. The molecule has 1 saturated heterocycles. The average Bonchev–Trinajstić information content (AvgIpc) is 3.43. The molecule has 0 radical (unpaired) electrons. The maximum Gasteiger partial charge on any atom is 0.422 e. The molecule has 4 aromatic rings. The number of likely N-dealkylation sites (tertiary alicyclic amines) is 1. The van der Waals surface area contributed by atoms with Crippen LogP contribution in [0.4, 0.5) is 23.2 Å². The van der Waals surface area contributed by atoms with Gasteiger partial charge in [0.15, 0.2) is 0 Å². The van der Waals surface area contributed by atoms with Crippen LogP contribution in [0.1, 0.15) is 41.5 Å². The summed E-state index contributed by atoms with van der Waals surface area (Å²) in [5, 5.41) is 32.1. The monoisotopic (exact) mass is 687 g/mol. The second-order valence-electron chi connectivity index (χ2n) is 12.4. The number of nitro groups is 1. The Morgan fingerprint density at radius 3 is 2.27 bits per heavy atom. The van der Waals surface area contributed by atoms with Crippen molar-refractivity contribution in [2.24, 2.45) is 5.92 Å².